The summed E-state index contributed by atoms with van der Waals surface area (Å²) in [6.07, 6.45) is 6.63. The summed E-state index contributed by atoms with van der Waals surface area (Å²) in [5.74, 6) is -1.52. The normalized spacial score (nSPS) is 18.9. The molecule has 11 nitrogen and oxygen atoms in total. The fraction of sp³-hybridized carbons (Fsp3) is 0.750. The second-order valence-electron chi connectivity index (χ2n) is 14.1. The lowest BCUT2D eigenvalue weighted by Gasteiger charge is -2.36. The minimum atomic E-state index is -1.08. The number of likely N-dealkylation sites (tertiary alicyclic amines) is 1. The minimum Gasteiger partial charge on any atom is -0.363 e. The topological polar surface area (TPSA) is 164 Å². The van der Waals surface area contributed by atoms with Gasteiger partial charge in [-0.1, -0.05) is 74.7 Å². The molecule has 3 unspecified atom stereocenters. The number of carbonyl (C=O) groups is 5. The number of aromatic nitrogens is 1. The van der Waals surface area contributed by atoms with E-state index in [-0.39, 0.29) is 23.8 Å². The molecule has 1 aliphatic heterocycles. The lowest BCUT2D eigenvalue weighted by atomic mass is 9.80. The maximum Gasteiger partial charge on any atom is 0.315 e. The van der Waals surface area contributed by atoms with Gasteiger partial charge in [0.25, 0.3) is 5.91 Å². The van der Waals surface area contributed by atoms with Crippen LogP contribution in [-0.2, 0) is 25.6 Å². The first kappa shape index (κ1) is 37.2. The van der Waals surface area contributed by atoms with Gasteiger partial charge in [0.05, 0.1) is 11.0 Å². The Labute approximate surface area is 266 Å². The highest BCUT2D eigenvalue weighted by Crippen LogP contribution is 2.31. The molecule has 248 valence electrons. The van der Waals surface area contributed by atoms with Crippen LogP contribution in [0.5, 0.6) is 0 Å². The van der Waals surface area contributed by atoms with Gasteiger partial charge in [-0.3, -0.25) is 19.2 Å². The smallest absolute Gasteiger partial charge is 0.315 e. The third-order valence-electron chi connectivity index (χ3n) is 7.90. The highest BCUT2D eigenvalue weighted by molar-refractivity contribution is 7.09. The van der Waals surface area contributed by atoms with E-state index in [9.17, 15) is 24.0 Å². The predicted octanol–water partition coefficient (Wildman–Crippen LogP) is 3.81. The van der Waals surface area contributed by atoms with E-state index < -0.39 is 47.2 Å². The first-order valence-electron chi connectivity index (χ1n) is 15.9. The van der Waals surface area contributed by atoms with E-state index in [1.807, 2.05) is 40.0 Å². The van der Waals surface area contributed by atoms with Gasteiger partial charge in [-0.2, -0.15) is 0 Å². The Morgan fingerprint density at radius 3 is 2.11 bits per heavy atom. The first-order valence-corrected chi connectivity index (χ1v) is 16.8. The maximum absolute atomic E-state index is 13.8. The van der Waals surface area contributed by atoms with Crippen LogP contribution in [0, 0.1) is 23.2 Å². The zero-order valence-electron chi connectivity index (χ0n) is 27.8. The first-order chi connectivity index (χ1) is 20.5. The summed E-state index contributed by atoms with van der Waals surface area (Å²) in [4.78, 5) is 70.2. The summed E-state index contributed by atoms with van der Waals surface area (Å²) in [5, 5.41) is 11.4. The van der Waals surface area contributed by atoms with Gasteiger partial charge in [-0.25, -0.2) is 9.78 Å². The Balaban J connectivity index is 0.00000159. The highest BCUT2D eigenvalue weighted by Gasteiger charge is 2.43. The van der Waals surface area contributed by atoms with Gasteiger partial charge in [-0.15, -0.1) is 11.3 Å². The average Bonchev–Trinajstić information content (AvgIpc) is 3.58. The molecule has 1 saturated heterocycles. The number of ketones is 1. The molecule has 2 aliphatic rings. The van der Waals surface area contributed by atoms with E-state index >= 15 is 0 Å². The van der Waals surface area contributed by atoms with E-state index in [0.29, 0.717) is 32.2 Å². The number of amides is 5. The van der Waals surface area contributed by atoms with Gasteiger partial charge in [0.15, 0.2) is 0 Å². The Kier molecular flexibility index (Phi) is 14.3. The molecule has 1 aromatic rings. The molecule has 2 fully saturated rings. The molecule has 12 heteroatoms. The van der Waals surface area contributed by atoms with Crippen molar-refractivity contribution in [2.24, 2.45) is 28.9 Å². The number of hydrogen-bond donors (Lipinski definition) is 4. The summed E-state index contributed by atoms with van der Waals surface area (Å²) >= 11 is 1.53. The minimum absolute atomic E-state index is 0.140. The van der Waals surface area contributed by atoms with Gasteiger partial charge < -0.3 is 26.6 Å². The summed E-state index contributed by atoms with van der Waals surface area (Å²) < 4.78 is 0. The maximum atomic E-state index is 13.8. The number of urea groups is 1. The van der Waals surface area contributed by atoms with Crippen LogP contribution in [0.25, 0.3) is 0 Å². The SMILES string of the molecule is CC(C)C.CC(C)C(Cc1nccs1)NC(=O)NC(C(=O)N1CCC[C@H]1C(=O)NC(CC1CCC1)C(=O)C(N)=O)C(C)(C)C. The number of nitrogens with one attached hydrogen (secondary N) is 3. The molecule has 0 radical (unpaired) electrons. The van der Waals surface area contributed by atoms with Crippen molar-refractivity contribution in [3.8, 4) is 0 Å². The van der Waals surface area contributed by atoms with Crippen molar-refractivity contribution in [2.75, 3.05) is 6.54 Å². The van der Waals surface area contributed by atoms with Crippen molar-refractivity contribution in [3.63, 3.8) is 0 Å². The molecular weight excluding hydrogens is 580 g/mol. The molecule has 0 spiro atoms. The van der Waals surface area contributed by atoms with E-state index in [0.717, 1.165) is 30.2 Å². The molecule has 1 saturated carbocycles. The number of rotatable bonds is 12. The van der Waals surface area contributed by atoms with Crippen LogP contribution in [0.15, 0.2) is 11.6 Å². The Morgan fingerprint density at radius 1 is 1.00 bits per heavy atom. The van der Waals surface area contributed by atoms with Crippen LogP contribution >= 0.6 is 11.3 Å². The molecule has 5 N–H and O–H groups in total. The van der Waals surface area contributed by atoms with Crippen LogP contribution in [0.1, 0.15) is 98.9 Å². The molecule has 44 heavy (non-hydrogen) atoms. The van der Waals surface area contributed by atoms with Crippen LogP contribution in [0.3, 0.4) is 0 Å². The van der Waals surface area contributed by atoms with Crippen molar-refractivity contribution < 1.29 is 24.0 Å². The molecule has 0 bridgehead atoms. The monoisotopic (exact) mass is 634 g/mol. The number of nitrogens with two attached hydrogens (primary N) is 1. The number of Topliss-reactive ketones (excluding diaryl/α,β-unsaturated/α-hetero) is 1. The van der Waals surface area contributed by atoms with Crippen LogP contribution in [0.2, 0.25) is 0 Å². The highest BCUT2D eigenvalue weighted by atomic mass is 32.1. The van der Waals surface area contributed by atoms with E-state index in [2.05, 4.69) is 41.7 Å². The lowest BCUT2D eigenvalue weighted by molar-refractivity contribution is -0.143. The fourth-order valence-electron chi connectivity index (χ4n) is 5.19. The summed E-state index contributed by atoms with van der Waals surface area (Å²) in [6.45, 7) is 16.5. The van der Waals surface area contributed by atoms with E-state index in [1.165, 1.54) is 16.2 Å². The molecule has 2 heterocycles. The Morgan fingerprint density at radius 2 is 1.64 bits per heavy atom. The third-order valence-corrected chi connectivity index (χ3v) is 8.70. The van der Waals surface area contributed by atoms with Gasteiger partial charge >= 0.3 is 6.03 Å². The molecule has 0 aromatic carbocycles. The molecule has 5 amide bonds. The van der Waals surface area contributed by atoms with Gasteiger partial charge in [0.1, 0.15) is 12.1 Å². The summed E-state index contributed by atoms with van der Waals surface area (Å²) in [5.41, 5.74) is 4.60. The van der Waals surface area contributed by atoms with Gasteiger partial charge in [0, 0.05) is 30.6 Å². The van der Waals surface area contributed by atoms with Crippen LogP contribution < -0.4 is 21.7 Å². The Bertz CT molecular complexity index is 1110. The summed E-state index contributed by atoms with van der Waals surface area (Å²) in [6, 6.07) is -3.34. The quantitative estimate of drug-likeness (QED) is 0.256. The van der Waals surface area contributed by atoms with Gasteiger partial charge in [-0.05, 0) is 42.4 Å². The molecule has 3 rings (SSSR count). The number of carbonyl (C=O) groups excluding carboxylic acids is 5. The zero-order valence-corrected chi connectivity index (χ0v) is 28.6. The average molecular weight is 635 g/mol. The number of hydrogen-bond acceptors (Lipinski definition) is 7. The third kappa shape index (κ3) is 11.5. The van der Waals surface area contributed by atoms with Gasteiger partial charge in [0.2, 0.25) is 17.6 Å². The van der Waals surface area contributed by atoms with Crippen molar-refractivity contribution in [2.45, 2.75) is 125 Å². The van der Waals surface area contributed by atoms with Crippen LogP contribution in [0.4, 0.5) is 4.79 Å². The fourth-order valence-corrected chi connectivity index (χ4v) is 5.86. The van der Waals surface area contributed by atoms with Crippen LogP contribution in [-0.4, -0.2) is 70.1 Å². The predicted molar refractivity (Wildman–Crippen MR) is 173 cm³/mol. The van der Waals surface area contributed by atoms with Crippen molar-refractivity contribution in [1.82, 2.24) is 25.8 Å². The molecular formula is C32H54N6O5S. The Hall–Kier alpha value is -3.02. The van der Waals surface area contributed by atoms with E-state index in [4.69, 9.17) is 5.73 Å². The van der Waals surface area contributed by atoms with Crippen molar-refractivity contribution in [3.05, 3.63) is 16.6 Å². The second kappa shape index (κ2) is 16.9. The lowest BCUT2D eigenvalue weighted by Crippen LogP contribution is -2.60. The molecule has 1 aromatic heterocycles. The largest absolute Gasteiger partial charge is 0.363 e. The van der Waals surface area contributed by atoms with Crippen molar-refractivity contribution in [1.29, 1.82) is 0 Å². The second-order valence-corrected chi connectivity index (χ2v) is 15.1. The van der Waals surface area contributed by atoms with Crippen molar-refractivity contribution >= 4 is 40.9 Å². The van der Waals surface area contributed by atoms with E-state index in [1.54, 1.807) is 6.20 Å². The molecule has 1 aliphatic carbocycles. The molecule has 4 atom stereocenters. The zero-order chi connectivity index (χ0) is 33.2. The number of nitrogens with zero attached hydrogens (tertiary/aromatic N) is 2. The standard InChI is InChI=1S/C28H44N6O5S.C4H10/c1-16(2)18(15-21-30-11-13-40-21)32-27(39)33-23(28(3,4)5)26(38)34-12-7-10-20(34)25(37)31-19(22(35)24(29)36)14-17-8-6-9-17;1-4(2)3/h11,13,16-20,23H,6-10,12,14-15H2,1-5H3,(H2,29,36)(H,31,37)(H2,32,33,39);4H,1-3H3/t18?,19?,20-,23?;/m0./s1. The number of primary amides is 1. The number of thiazole rings is 1. The summed E-state index contributed by atoms with van der Waals surface area (Å²) in [7, 11) is 0.